The maximum absolute atomic E-state index is 11.9. The zero-order valence-electron chi connectivity index (χ0n) is 11.6. The molecule has 5 nitrogen and oxygen atoms in total. The summed E-state index contributed by atoms with van der Waals surface area (Å²) in [4.78, 5) is 25.8. The van der Waals surface area contributed by atoms with E-state index in [0.29, 0.717) is 17.3 Å². The fourth-order valence-corrected chi connectivity index (χ4v) is 3.16. The average molecular weight is 296 g/mol. The van der Waals surface area contributed by atoms with Gasteiger partial charge in [-0.05, 0) is 44.0 Å². The molecule has 2 heterocycles. The molecule has 0 spiro atoms. The number of likely N-dealkylation sites (tertiary alicyclic amines) is 1. The number of carbonyl (C=O) groups excluding carboxylic acids is 1. The molecule has 0 saturated carbocycles. The van der Waals surface area contributed by atoms with Crippen LogP contribution in [0.4, 0.5) is 0 Å². The Morgan fingerprint density at radius 2 is 2.00 bits per heavy atom. The van der Waals surface area contributed by atoms with Crippen molar-refractivity contribution in [2.75, 3.05) is 26.2 Å². The number of aromatic carboxylic acids is 1. The zero-order chi connectivity index (χ0) is 14.5. The van der Waals surface area contributed by atoms with Crippen molar-refractivity contribution in [1.29, 1.82) is 0 Å². The Morgan fingerprint density at radius 1 is 1.35 bits per heavy atom. The number of carboxylic acids is 1. The lowest BCUT2D eigenvalue weighted by Gasteiger charge is -2.20. The number of thiophene rings is 1. The fourth-order valence-electron chi connectivity index (χ4n) is 2.40. The van der Waals surface area contributed by atoms with Crippen LogP contribution < -0.4 is 5.32 Å². The highest BCUT2D eigenvalue weighted by Crippen LogP contribution is 2.16. The first-order valence-corrected chi connectivity index (χ1v) is 7.71. The van der Waals surface area contributed by atoms with E-state index in [-0.39, 0.29) is 10.8 Å². The SMILES string of the molecule is CC(CNC(=O)c1ccc(C(=O)O)s1)CN1CCCC1. The molecule has 1 saturated heterocycles. The largest absolute Gasteiger partial charge is 0.477 e. The van der Waals surface area contributed by atoms with Crippen LogP contribution in [0.2, 0.25) is 0 Å². The van der Waals surface area contributed by atoms with Gasteiger partial charge in [0.1, 0.15) is 4.88 Å². The van der Waals surface area contributed by atoms with Gasteiger partial charge >= 0.3 is 5.97 Å². The maximum atomic E-state index is 11.9. The molecule has 1 aromatic rings. The second-order valence-corrected chi connectivity index (χ2v) is 6.38. The molecule has 0 radical (unpaired) electrons. The smallest absolute Gasteiger partial charge is 0.345 e. The van der Waals surface area contributed by atoms with Crippen LogP contribution in [0.3, 0.4) is 0 Å². The van der Waals surface area contributed by atoms with Gasteiger partial charge in [-0.15, -0.1) is 11.3 Å². The van der Waals surface area contributed by atoms with Gasteiger partial charge in [-0.1, -0.05) is 6.92 Å². The number of carboxylic acid groups (broad SMARTS) is 1. The minimum atomic E-state index is -0.989. The third-order valence-corrected chi connectivity index (χ3v) is 4.49. The molecule has 1 atom stereocenters. The molecule has 1 aromatic heterocycles. The monoisotopic (exact) mass is 296 g/mol. The molecule has 2 N–H and O–H groups in total. The number of nitrogens with one attached hydrogen (secondary N) is 1. The second kappa shape index (κ2) is 6.85. The Kier molecular flexibility index (Phi) is 5.14. The normalized spacial score (nSPS) is 17.1. The van der Waals surface area contributed by atoms with Crippen molar-refractivity contribution in [3.63, 3.8) is 0 Å². The Labute approximate surface area is 122 Å². The maximum Gasteiger partial charge on any atom is 0.345 e. The number of amides is 1. The van der Waals surface area contributed by atoms with Crippen molar-refractivity contribution >= 4 is 23.2 Å². The lowest BCUT2D eigenvalue weighted by molar-refractivity contribution is 0.0702. The summed E-state index contributed by atoms with van der Waals surface area (Å²) in [7, 11) is 0. The van der Waals surface area contributed by atoms with Crippen molar-refractivity contribution in [3.05, 3.63) is 21.9 Å². The van der Waals surface area contributed by atoms with E-state index in [1.807, 2.05) is 0 Å². The molecule has 1 amide bonds. The van der Waals surface area contributed by atoms with Gasteiger partial charge in [-0.25, -0.2) is 4.79 Å². The highest BCUT2D eigenvalue weighted by molar-refractivity contribution is 7.15. The summed E-state index contributed by atoms with van der Waals surface area (Å²) in [5.41, 5.74) is 0. The summed E-state index contributed by atoms with van der Waals surface area (Å²) >= 11 is 1.01. The van der Waals surface area contributed by atoms with E-state index in [4.69, 9.17) is 5.11 Å². The second-order valence-electron chi connectivity index (χ2n) is 5.29. The van der Waals surface area contributed by atoms with Crippen molar-refractivity contribution < 1.29 is 14.7 Å². The number of hydrogen-bond acceptors (Lipinski definition) is 4. The van der Waals surface area contributed by atoms with E-state index in [1.165, 1.54) is 18.9 Å². The lowest BCUT2D eigenvalue weighted by atomic mass is 10.1. The van der Waals surface area contributed by atoms with Gasteiger partial charge in [-0.2, -0.15) is 0 Å². The van der Waals surface area contributed by atoms with Crippen molar-refractivity contribution in [2.24, 2.45) is 5.92 Å². The highest BCUT2D eigenvalue weighted by atomic mass is 32.1. The van der Waals surface area contributed by atoms with E-state index in [0.717, 1.165) is 31.0 Å². The van der Waals surface area contributed by atoms with E-state index in [2.05, 4.69) is 17.1 Å². The standard InChI is InChI=1S/C14H20N2O3S/c1-10(9-16-6-2-3-7-16)8-15-13(17)11-4-5-12(20-11)14(18)19/h4-5,10H,2-3,6-9H2,1H3,(H,15,17)(H,18,19). The predicted molar refractivity (Wildman–Crippen MR) is 78.4 cm³/mol. The fraction of sp³-hybridized carbons (Fsp3) is 0.571. The van der Waals surface area contributed by atoms with E-state index in [9.17, 15) is 9.59 Å². The van der Waals surface area contributed by atoms with Crippen LogP contribution in [0, 0.1) is 5.92 Å². The molecular weight excluding hydrogens is 276 g/mol. The number of rotatable bonds is 6. The van der Waals surface area contributed by atoms with Crippen LogP contribution in [0.5, 0.6) is 0 Å². The van der Waals surface area contributed by atoms with Gasteiger partial charge in [-0.3, -0.25) is 4.79 Å². The van der Waals surface area contributed by atoms with Gasteiger partial charge < -0.3 is 15.3 Å². The molecule has 1 fully saturated rings. The summed E-state index contributed by atoms with van der Waals surface area (Å²) < 4.78 is 0. The molecule has 0 aliphatic carbocycles. The van der Waals surface area contributed by atoms with Gasteiger partial charge in [0.05, 0.1) is 4.88 Å². The third kappa shape index (κ3) is 4.05. The first kappa shape index (κ1) is 15.0. The summed E-state index contributed by atoms with van der Waals surface area (Å²) in [6.07, 6.45) is 2.54. The van der Waals surface area contributed by atoms with Crippen molar-refractivity contribution in [2.45, 2.75) is 19.8 Å². The summed E-state index contributed by atoms with van der Waals surface area (Å²) in [5, 5.41) is 11.7. The van der Waals surface area contributed by atoms with E-state index in [1.54, 1.807) is 6.07 Å². The number of hydrogen-bond donors (Lipinski definition) is 2. The predicted octanol–water partition coefficient (Wildman–Crippen LogP) is 1.91. The Morgan fingerprint density at radius 3 is 2.60 bits per heavy atom. The summed E-state index contributed by atoms with van der Waals surface area (Å²) in [6, 6.07) is 3.03. The molecule has 1 aliphatic heterocycles. The first-order chi connectivity index (χ1) is 9.56. The molecule has 2 rings (SSSR count). The Balaban J connectivity index is 1.77. The van der Waals surface area contributed by atoms with Crippen LogP contribution >= 0.6 is 11.3 Å². The van der Waals surface area contributed by atoms with Gasteiger partial charge in [0.15, 0.2) is 0 Å². The highest BCUT2D eigenvalue weighted by Gasteiger charge is 2.16. The average Bonchev–Trinajstić information content (AvgIpc) is 3.06. The lowest BCUT2D eigenvalue weighted by Crippen LogP contribution is -2.34. The van der Waals surface area contributed by atoms with Crippen LogP contribution in [-0.4, -0.2) is 48.1 Å². The van der Waals surface area contributed by atoms with E-state index >= 15 is 0 Å². The molecule has 0 bridgehead atoms. The Hall–Kier alpha value is -1.40. The zero-order valence-corrected chi connectivity index (χ0v) is 12.4. The minimum Gasteiger partial charge on any atom is -0.477 e. The van der Waals surface area contributed by atoms with Crippen LogP contribution in [0.1, 0.15) is 39.1 Å². The molecule has 110 valence electrons. The van der Waals surface area contributed by atoms with Gasteiger partial charge in [0.25, 0.3) is 5.91 Å². The number of nitrogens with zero attached hydrogens (tertiary/aromatic N) is 1. The molecule has 20 heavy (non-hydrogen) atoms. The molecular formula is C14H20N2O3S. The summed E-state index contributed by atoms with van der Waals surface area (Å²) in [5.74, 6) is -0.775. The third-order valence-electron chi connectivity index (χ3n) is 3.42. The molecule has 1 unspecified atom stereocenters. The first-order valence-electron chi connectivity index (χ1n) is 6.90. The molecule has 6 heteroatoms. The number of carbonyl (C=O) groups is 2. The van der Waals surface area contributed by atoms with Gasteiger partial charge in [0.2, 0.25) is 0 Å². The van der Waals surface area contributed by atoms with Crippen LogP contribution in [0.25, 0.3) is 0 Å². The van der Waals surface area contributed by atoms with Gasteiger partial charge in [0, 0.05) is 13.1 Å². The van der Waals surface area contributed by atoms with Crippen molar-refractivity contribution in [1.82, 2.24) is 10.2 Å². The van der Waals surface area contributed by atoms with Crippen LogP contribution in [0.15, 0.2) is 12.1 Å². The molecule has 1 aliphatic rings. The van der Waals surface area contributed by atoms with Crippen LogP contribution in [-0.2, 0) is 0 Å². The quantitative estimate of drug-likeness (QED) is 0.841. The van der Waals surface area contributed by atoms with Crippen molar-refractivity contribution in [3.8, 4) is 0 Å². The Bertz CT molecular complexity index is 481. The summed E-state index contributed by atoms with van der Waals surface area (Å²) in [6.45, 7) is 6.06. The topological polar surface area (TPSA) is 69.6 Å². The molecule has 0 aromatic carbocycles. The van der Waals surface area contributed by atoms with E-state index < -0.39 is 5.97 Å². The minimum absolute atomic E-state index is 0.184.